The van der Waals surface area contributed by atoms with E-state index in [-0.39, 0.29) is 17.1 Å². The molecule has 2 aliphatic carbocycles. The highest BCUT2D eigenvalue weighted by Gasteiger charge is 2.50. The summed E-state index contributed by atoms with van der Waals surface area (Å²) in [6, 6.07) is 7.84. The smallest absolute Gasteiger partial charge is 0.410 e. The lowest BCUT2D eigenvalue weighted by Crippen LogP contribution is -2.43. The molecule has 32 heavy (non-hydrogen) atoms. The van der Waals surface area contributed by atoms with Crippen LogP contribution in [0.5, 0.6) is 0 Å². The topological polar surface area (TPSA) is 80.4 Å². The number of fused-ring (bicyclic) bond motifs is 1. The summed E-state index contributed by atoms with van der Waals surface area (Å²) in [4.78, 5) is 19.3. The summed E-state index contributed by atoms with van der Waals surface area (Å²) in [5.41, 5.74) is 2.27. The first-order chi connectivity index (χ1) is 15.5. The molecule has 2 saturated carbocycles. The fourth-order valence-corrected chi connectivity index (χ4v) is 6.38. The molecule has 170 valence electrons. The third-order valence-electron chi connectivity index (χ3n) is 7.79. The van der Waals surface area contributed by atoms with E-state index in [2.05, 4.69) is 15.6 Å². The minimum absolute atomic E-state index is 0.0849. The van der Waals surface area contributed by atoms with E-state index in [1.165, 1.54) is 12.8 Å². The van der Waals surface area contributed by atoms with Crippen LogP contribution in [0.2, 0.25) is 0 Å². The summed E-state index contributed by atoms with van der Waals surface area (Å²) in [6.45, 7) is 2.98. The van der Waals surface area contributed by atoms with Gasteiger partial charge in [0.1, 0.15) is 5.60 Å². The first-order valence-electron chi connectivity index (χ1n) is 11.9. The van der Waals surface area contributed by atoms with Crippen LogP contribution in [-0.2, 0) is 16.0 Å². The Labute approximate surface area is 189 Å². The number of rotatable bonds is 6. The molecule has 2 unspecified atom stereocenters. The second-order valence-electron chi connectivity index (χ2n) is 10.2. The maximum atomic E-state index is 12.9. The molecule has 5 rings (SSSR count). The van der Waals surface area contributed by atoms with Crippen LogP contribution in [0.4, 0.5) is 4.79 Å². The van der Waals surface area contributed by atoms with Gasteiger partial charge in [-0.05, 0) is 62.6 Å². The Bertz CT molecular complexity index is 1040. The lowest BCUT2D eigenvalue weighted by molar-refractivity contribution is 0.00397. The summed E-state index contributed by atoms with van der Waals surface area (Å²) in [7, 11) is 1.76. The van der Waals surface area contributed by atoms with Crippen molar-refractivity contribution in [3.8, 4) is 6.07 Å². The molecule has 1 spiro atoms. The standard InChI is InChI=1S/C25H32N4O3/c1-31-17-24(8-2-3-9-24)15-29-16-25(32-23(29)30)10-4-5-20(12-25)14-28-18-27-21-7-6-19(13-26)11-22(21)28/h6-7,11,18,20H,2-5,8-10,12,14-17H2,1H3. The van der Waals surface area contributed by atoms with Gasteiger partial charge in [0.05, 0.1) is 42.1 Å². The molecule has 7 heteroatoms. The van der Waals surface area contributed by atoms with E-state index in [1.807, 2.05) is 29.4 Å². The van der Waals surface area contributed by atoms with Gasteiger partial charge in [0.15, 0.2) is 0 Å². The quantitative estimate of drug-likeness (QED) is 0.666. The molecule has 1 aromatic heterocycles. The van der Waals surface area contributed by atoms with Crippen LogP contribution in [0.15, 0.2) is 24.5 Å². The Morgan fingerprint density at radius 2 is 2.12 bits per heavy atom. The van der Waals surface area contributed by atoms with E-state index >= 15 is 0 Å². The van der Waals surface area contributed by atoms with Crippen LogP contribution in [0, 0.1) is 22.7 Å². The Balaban J connectivity index is 1.29. The lowest BCUT2D eigenvalue weighted by Gasteiger charge is -2.37. The predicted molar refractivity (Wildman–Crippen MR) is 120 cm³/mol. The van der Waals surface area contributed by atoms with Gasteiger partial charge in [0.2, 0.25) is 0 Å². The van der Waals surface area contributed by atoms with E-state index in [0.717, 1.165) is 62.6 Å². The van der Waals surface area contributed by atoms with E-state index in [0.29, 0.717) is 24.6 Å². The molecule has 2 aromatic rings. The Hall–Kier alpha value is -2.59. The Morgan fingerprint density at radius 1 is 1.28 bits per heavy atom. The first kappa shape index (κ1) is 21.3. The highest BCUT2D eigenvalue weighted by molar-refractivity contribution is 5.77. The van der Waals surface area contributed by atoms with Crippen LogP contribution >= 0.6 is 0 Å². The van der Waals surface area contributed by atoms with Gasteiger partial charge in [-0.25, -0.2) is 9.78 Å². The minimum Gasteiger partial charge on any atom is -0.441 e. The van der Waals surface area contributed by atoms with Crippen molar-refractivity contribution >= 4 is 17.1 Å². The molecule has 1 aromatic carbocycles. The zero-order valence-corrected chi connectivity index (χ0v) is 18.9. The van der Waals surface area contributed by atoms with Crippen LogP contribution in [-0.4, -0.2) is 53.0 Å². The van der Waals surface area contributed by atoms with Crippen molar-refractivity contribution in [3.63, 3.8) is 0 Å². The predicted octanol–water partition coefficient (Wildman–Crippen LogP) is 4.50. The molecule has 1 amide bonds. The monoisotopic (exact) mass is 436 g/mol. The number of carbonyl (C=O) groups excluding carboxylic acids is 1. The number of benzene rings is 1. The van der Waals surface area contributed by atoms with Gasteiger partial charge >= 0.3 is 6.09 Å². The molecule has 2 atom stereocenters. The van der Waals surface area contributed by atoms with E-state index in [4.69, 9.17) is 9.47 Å². The summed E-state index contributed by atoms with van der Waals surface area (Å²) < 4.78 is 13.8. The lowest BCUT2D eigenvalue weighted by atomic mass is 9.77. The number of amides is 1. The average molecular weight is 437 g/mol. The third kappa shape index (κ3) is 3.97. The van der Waals surface area contributed by atoms with E-state index in [1.54, 1.807) is 7.11 Å². The molecule has 0 radical (unpaired) electrons. The number of hydrogen-bond donors (Lipinski definition) is 0. The maximum Gasteiger partial charge on any atom is 0.410 e. The fraction of sp³-hybridized carbons (Fsp3) is 0.640. The van der Waals surface area contributed by atoms with Crippen LogP contribution in [0.3, 0.4) is 0 Å². The fourth-order valence-electron chi connectivity index (χ4n) is 6.38. The summed E-state index contributed by atoms with van der Waals surface area (Å²) >= 11 is 0. The summed E-state index contributed by atoms with van der Waals surface area (Å²) in [5, 5.41) is 9.25. The first-order valence-corrected chi connectivity index (χ1v) is 11.9. The molecule has 1 aliphatic heterocycles. The van der Waals surface area contributed by atoms with E-state index < -0.39 is 0 Å². The zero-order valence-electron chi connectivity index (χ0n) is 18.9. The number of ether oxygens (including phenoxy) is 2. The van der Waals surface area contributed by atoms with Crippen molar-refractivity contribution in [2.24, 2.45) is 11.3 Å². The van der Waals surface area contributed by atoms with Gasteiger partial charge in [0.25, 0.3) is 0 Å². The number of aromatic nitrogens is 2. The normalized spacial score (nSPS) is 27.2. The molecule has 7 nitrogen and oxygen atoms in total. The van der Waals surface area contributed by atoms with Crippen molar-refractivity contribution in [1.29, 1.82) is 5.26 Å². The molecular formula is C25H32N4O3. The zero-order chi connectivity index (χ0) is 22.2. The SMILES string of the molecule is COCC1(CN2CC3(CCCC(Cn4cnc5ccc(C#N)cc54)C3)OC2=O)CCCC1. The third-order valence-corrected chi connectivity index (χ3v) is 7.79. The molecule has 0 bridgehead atoms. The Morgan fingerprint density at radius 3 is 2.91 bits per heavy atom. The molecule has 0 N–H and O–H groups in total. The van der Waals surface area contributed by atoms with Crippen molar-refractivity contribution in [2.45, 2.75) is 63.5 Å². The molecule has 2 heterocycles. The number of carbonyl (C=O) groups is 1. The minimum atomic E-state index is -0.374. The van der Waals surface area contributed by atoms with Crippen molar-refractivity contribution in [3.05, 3.63) is 30.1 Å². The van der Waals surface area contributed by atoms with E-state index in [9.17, 15) is 10.1 Å². The highest BCUT2D eigenvalue weighted by atomic mass is 16.6. The second-order valence-corrected chi connectivity index (χ2v) is 10.2. The maximum absolute atomic E-state index is 12.9. The van der Waals surface area contributed by atoms with Crippen molar-refractivity contribution in [1.82, 2.24) is 14.5 Å². The van der Waals surface area contributed by atoms with Gasteiger partial charge < -0.3 is 18.9 Å². The van der Waals surface area contributed by atoms with Gasteiger partial charge in [0, 0.05) is 25.6 Å². The number of imidazole rings is 1. The van der Waals surface area contributed by atoms with Crippen LogP contribution < -0.4 is 0 Å². The highest BCUT2D eigenvalue weighted by Crippen LogP contribution is 2.44. The molecule has 3 fully saturated rings. The number of methoxy groups -OCH3 is 1. The van der Waals surface area contributed by atoms with Crippen LogP contribution in [0.1, 0.15) is 56.9 Å². The number of hydrogen-bond acceptors (Lipinski definition) is 5. The van der Waals surface area contributed by atoms with Gasteiger partial charge in [-0.1, -0.05) is 12.8 Å². The molecule has 1 saturated heterocycles. The van der Waals surface area contributed by atoms with Gasteiger partial charge in [-0.15, -0.1) is 0 Å². The van der Waals surface area contributed by atoms with Crippen molar-refractivity contribution < 1.29 is 14.3 Å². The van der Waals surface area contributed by atoms with Crippen molar-refractivity contribution in [2.75, 3.05) is 26.8 Å². The largest absolute Gasteiger partial charge is 0.441 e. The van der Waals surface area contributed by atoms with Crippen LogP contribution in [0.25, 0.3) is 11.0 Å². The summed E-state index contributed by atoms with van der Waals surface area (Å²) in [5.74, 6) is 0.416. The number of nitrogens with zero attached hydrogens (tertiary/aromatic N) is 4. The Kier molecular flexibility index (Phi) is 5.58. The van der Waals surface area contributed by atoms with Gasteiger partial charge in [-0.3, -0.25) is 0 Å². The number of nitriles is 1. The van der Waals surface area contributed by atoms with Gasteiger partial charge in [-0.2, -0.15) is 5.26 Å². The molecule has 3 aliphatic rings. The average Bonchev–Trinajstić information content (AvgIpc) is 3.47. The second kappa shape index (κ2) is 8.40. The summed E-state index contributed by atoms with van der Waals surface area (Å²) in [6.07, 6.45) is 10.4. The molecular weight excluding hydrogens is 404 g/mol.